The van der Waals surface area contributed by atoms with Crippen LogP contribution >= 0.6 is 0 Å². The smallest absolute Gasteiger partial charge is 0.356 e. The van der Waals surface area contributed by atoms with Crippen LogP contribution in [0.1, 0.15) is 27.3 Å². The highest BCUT2D eigenvalue weighted by molar-refractivity contribution is 6.16. The van der Waals surface area contributed by atoms with Gasteiger partial charge in [0.2, 0.25) is 5.78 Å². The lowest BCUT2D eigenvalue weighted by Crippen LogP contribution is -2.20. The summed E-state index contributed by atoms with van der Waals surface area (Å²) in [5, 5.41) is 0.142. The summed E-state index contributed by atoms with van der Waals surface area (Å²) < 4.78 is 67.8. The van der Waals surface area contributed by atoms with Gasteiger partial charge in [-0.2, -0.15) is 13.2 Å². The number of hydrogen-bond acceptors (Lipinski definition) is 5. The number of imidazole rings is 1. The average Bonchev–Trinajstić information content (AvgIpc) is 3.38. The van der Waals surface area contributed by atoms with E-state index in [1.807, 2.05) is 0 Å². The van der Waals surface area contributed by atoms with Crippen LogP contribution < -0.4 is 5.56 Å². The maximum atomic E-state index is 14.0. The highest BCUT2D eigenvalue weighted by Gasteiger charge is 2.31. The molecular formula is C21H11F5N6O2. The molecule has 0 aliphatic heterocycles. The van der Waals surface area contributed by atoms with Crippen molar-refractivity contribution in [3.8, 4) is 0 Å². The number of ketones is 1. The van der Waals surface area contributed by atoms with Crippen LogP contribution in [0.4, 0.5) is 22.0 Å². The van der Waals surface area contributed by atoms with Crippen molar-refractivity contribution in [3.63, 3.8) is 0 Å². The lowest BCUT2D eigenvalue weighted by Gasteiger charge is -2.05. The third-order valence-corrected chi connectivity index (χ3v) is 5.18. The zero-order valence-corrected chi connectivity index (χ0v) is 16.7. The van der Waals surface area contributed by atoms with Crippen LogP contribution in [-0.2, 0) is 12.7 Å². The molecule has 0 atom stereocenters. The molecule has 13 heteroatoms. The molecule has 0 aromatic carbocycles. The minimum Gasteiger partial charge on any atom is -0.356 e. The number of nitrogens with zero attached hydrogens (tertiary/aromatic N) is 4. The van der Waals surface area contributed by atoms with Crippen molar-refractivity contribution >= 4 is 27.9 Å². The van der Waals surface area contributed by atoms with Gasteiger partial charge in [-0.25, -0.2) is 18.7 Å². The van der Waals surface area contributed by atoms with E-state index in [2.05, 4.69) is 24.9 Å². The number of hydrogen-bond donors (Lipinski definition) is 2. The second-order valence-electron chi connectivity index (χ2n) is 7.32. The van der Waals surface area contributed by atoms with Crippen LogP contribution in [-0.4, -0.2) is 35.3 Å². The van der Waals surface area contributed by atoms with Crippen LogP contribution in [0.25, 0.3) is 22.1 Å². The second kappa shape index (κ2) is 7.57. The Balaban J connectivity index is 1.50. The van der Waals surface area contributed by atoms with E-state index in [0.717, 1.165) is 6.07 Å². The minimum atomic E-state index is -4.57. The van der Waals surface area contributed by atoms with Crippen molar-refractivity contribution in [3.05, 3.63) is 87.6 Å². The number of carbonyl (C=O) groups is 1. The van der Waals surface area contributed by atoms with E-state index >= 15 is 0 Å². The molecule has 0 saturated carbocycles. The van der Waals surface area contributed by atoms with E-state index in [1.54, 1.807) is 0 Å². The number of fused-ring (bicyclic) bond motifs is 2. The summed E-state index contributed by atoms with van der Waals surface area (Å²) in [5.41, 5.74) is -2.35. The minimum absolute atomic E-state index is 0.00526. The number of pyridine rings is 3. The standard InChI is InChI=1S/C21H11F5N6O2/c22-12-6-27-7-13(23)16(12)18(33)11-5-28-17-10(11)1-2-32(20(17)34)8-15-30-14-3-9(21(24,25)26)4-29-19(14)31-15/h1-7,28H,8H2,(H,29,30,31). The first kappa shape index (κ1) is 21.4. The summed E-state index contributed by atoms with van der Waals surface area (Å²) >= 11 is 0. The molecule has 0 unspecified atom stereocenters. The van der Waals surface area contributed by atoms with Crippen molar-refractivity contribution in [2.24, 2.45) is 0 Å². The van der Waals surface area contributed by atoms with Crippen molar-refractivity contribution in [2.45, 2.75) is 12.7 Å². The zero-order chi connectivity index (χ0) is 24.2. The van der Waals surface area contributed by atoms with Crippen molar-refractivity contribution < 1.29 is 26.7 Å². The molecule has 0 spiro atoms. The summed E-state index contributed by atoms with van der Waals surface area (Å²) in [6.07, 6.45) is 0.00450. The SMILES string of the molecule is O=C(c1c(F)cncc1F)c1c[nH]c2c(=O)n(Cc3nc4ncc(C(F)(F)F)cc4[nH]3)ccc12. The van der Waals surface area contributed by atoms with Crippen LogP contribution in [0, 0.1) is 11.6 Å². The molecule has 5 aromatic rings. The normalized spacial score (nSPS) is 12.0. The highest BCUT2D eigenvalue weighted by Crippen LogP contribution is 2.30. The van der Waals surface area contributed by atoms with Gasteiger partial charge in [-0.05, 0) is 12.1 Å². The van der Waals surface area contributed by atoms with Crippen molar-refractivity contribution in [2.75, 3.05) is 0 Å². The molecule has 0 radical (unpaired) electrons. The summed E-state index contributed by atoms with van der Waals surface area (Å²) in [5.74, 6) is -3.07. The molecule has 0 aliphatic rings. The van der Waals surface area contributed by atoms with Crippen LogP contribution in [0.2, 0.25) is 0 Å². The lowest BCUT2D eigenvalue weighted by atomic mass is 10.0. The number of aromatic nitrogens is 6. The molecule has 0 aliphatic carbocycles. The Morgan fingerprint density at radius 2 is 1.85 bits per heavy atom. The van der Waals surface area contributed by atoms with Gasteiger partial charge in [0, 0.05) is 29.5 Å². The van der Waals surface area contributed by atoms with Gasteiger partial charge in [-0.3, -0.25) is 14.6 Å². The fraction of sp³-hybridized carbons (Fsp3) is 0.0952. The third kappa shape index (κ3) is 3.50. The Morgan fingerprint density at radius 3 is 2.56 bits per heavy atom. The molecular weight excluding hydrogens is 463 g/mol. The molecule has 34 heavy (non-hydrogen) atoms. The Kier molecular flexibility index (Phi) is 4.77. The molecule has 5 aromatic heterocycles. The van der Waals surface area contributed by atoms with E-state index < -0.39 is 40.3 Å². The molecule has 0 fully saturated rings. The molecule has 0 saturated heterocycles. The first-order chi connectivity index (χ1) is 16.1. The average molecular weight is 474 g/mol. The molecule has 0 bridgehead atoms. The van der Waals surface area contributed by atoms with Gasteiger partial charge < -0.3 is 14.5 Å². The fourth-order valence-electron chi connectivity index (χ4n) is 3.58. The van der Waals surface area contributed by atoms with E-state index in [0.29, 0.717) is 18.6 Å². The monoisotopic (exact) mass is 474 g/mol. The quantitative estimate of drug-likeness (QED) is 0.306. The van der Waals surface area contributed by atoms with Crippen LogP contribution in [0.5, 0.6) is 0 Å². The zero-order valence-electron chi connectivity index (χ0n) is 16.7. The van der Waals surface area contributed by atoms with E-state index in [-0.39, 0.29) is 40.0 Å². The first-order valence-corrected chi connectivity index (χ1v) is 9.59. The highest BCUT2D eigenvalue weighted by atomic mass is 19.4. The molecule has 172 valence electrons. The van der Waals surface area contributed by atoms with Crippen molar-refractivity contribution in [1.29, 1.82) is 0 Å². The van der Waals surface area contributed by atoms with E-state index in [1.165, 1.54) is 23.0 Å². The molecule has 8 nitrogen and oxygen atoms in total. The maximum Gasteiger partial charge on any atom is 0.417 e. The lowest BCUT2D eigenvalue weighted by molar-refractivity contribution is -0.137. The predicted octanol–water partition coefficient (Wildman–Crippen LogP) is 3.57. The van der Waals surface area contributed by atoms with Gasteiger partial charge in [0.15, 0.2) is 17.3 Å². The summed E-state index contributed by atoms with van der Waals surface area (Å²) in [4.78, 5) is 42.1. The number of alkyl halides is 3. The molecule has 5 rings (SSSR count). The number of halogens is 5. The maximum absolute atomic E-state index is 14.0. The summed E-state index contributed by atoms with van der Waals surface area (Å²) in [7, 11) is 0. The van der Waals surface area contributed by atoms with E-state index in [4.69, 9.17) is 0 Å². The Morgan fingerprint density at radius 1 is 1.12 bits per heavy atom. The third-order valence-electron chi connectivity index (χ3n) is 5.18. The van der Waals surface area contributed by atoms with Gasteiger partial charge in [0.1, 0.15) is 11.3 Å². The Bertz CT molecular complexity index is 1630. The second-order valence-corrected chi connectivity index (χ2v) is 7.32. The number of rotatable bonds is 4. The van der Waals surface area contributed by atoms with Crippen molar-refractivity contribution in [1.82, 2.24) is 29.5 Å². The van der Waals surface area contributed by atoms with Gasteiger partial charge >= 0.3 is 6.18 Å². The van der Waals surface area contributed by atoms with Crippen LogP contribution in [0.3, 0.4) is 0 Å². The number of nitrogens with one attached hydrogen (secondary N) is 2. The van der Waals surface area contributed by atoms with Gasteiger partial charge in [-0.15, -0.1) is 0 Å². The van der Waals surface area contributed by atoms with E-state index in [9.17, 15) is 31.5 Å². The number of H-pyrrole nitrogens is 2. The largest absolute Gasteiger partial charge is 0.417 e. The first-order valence-electron chi connectivity index (χ1n) is 9.59. The van der Waals surface area contributed by atoms with Gasteiger partial charge in [0.05, 0.1) is 35.6 Å². The summed E-state index contributed by atoms with van der Waals surface area (Å²) in [6, 6.07) is 2.27. The predicted molar refractivity (Wildman–Crippen MR) is 108 cm³/mol. The molecule has 2 N–H and O–H groups in total. The number of aromatic amines is 2. The topological polar surface area (TPSA) is 109 Å². The Hall–Kier alpha value is -4.42. The Labute approximate surface area is 185 Å². The van der Waals surface area contributed by atoms with Gasteiger partial charge in [0.25, 0.3) is 5.56 Å². The molecule has 5 heterocycles. The fourth-order valence-corrected chi connectivity index (χ4v) is 3.58. The number of carbonyl (C=O) groups excluding carboxylic acids is 1. The molecule has 0 amide bonds. The van der Waals surface area contributed by atoms with Gasteiger partial charge in [-0.1, -0.05) is 0 Å². The summed E-state index contributed by atoms with van der Waals surface area (Å²) in [6.45, 7) is -0.137. The van der Waals surface area contributed by atoms with Crippen LogP contribution in [0.15, 0.2) is 47.9 Å².